The minimum absolute atomic E-state index is 0.0427. The number of aliphatic hydroxyl groups excluding tert-OH is 1. The Labute approximate surface area is 96.4 Å². The van der Waals surface area contributed by atoms with E-state index in [9.17, 15) is 9.90 Å². The summed E-state index contributed by atoms with van der Waals surface area (Å²) in [7, 11) is 0. The lowest BCUT2D eigenvalue weighted by Crippen LogP contribution is -2.45. The summed E-state index contributed by atoms with van der Waals surface area (Å²) in [5.74, 6) is 0.0427. The zero-order valence-electron chi connectivity index (χ0n) is 9.65. The van der Waals surface area contributed by atoms with Crippen LogP contribution in [0.4, 0.5) is 0 Å². The summed E-state index contributed by atoms with van der Waals surface area (Å²) in [5, 5.41) is 12.4. The molecule has 1 aliphatic carbocycles. The van der Waals surface area contributed by atoms with Gasteiger partial charge in [-0.15, -0.1) is 0 Å². The monoisotopic (exact) mass is 227 g/mol. The maximum absolute atomic E-state index is 11.8. The van der Waals surface area contributed by atoms with E-state index < -0.39 is 0 Å². The SMILES string of the molecule is O=C(NC1CCC(O)CC1)C1CCCCO1. The number of ether oxygens (including phenoxy) is 1. The molecule has 0 aromatic heterocycles. The van der Waals surface area contributed by atoms with E-state index in [0.717, 1.165) is 44.9 Å². The first-order valence-electron chi connectivity index (χ1n) is 6.36. The quantitative estimate of drug-likeness (QED) is 0.739. The highest BCUT2D eigenvalue weighted by Gasteiger charge is 2.26. The van der Waals surface area contributed by atoms with E-state index in [-0.39, 0.29) is 24.2 Å². The third kappa shape index (κ3) is 3.19. The van der Waals surface area contributed by atoms with Crippen molar-refractivity contribution >= 4 is 5.91 Å². The van der Waals surface area contributed by atoms with Crippen LogP contribution in [0.1, 0.15) is 44.9 Å². The van der Waals surface area contributed by atoms with Crippen molar-refractivity contribution in [3.8, 4) is 0 Å². The summed E-state index contributed by atoms with van der Waals surface area (Å²) in [6.07, 6.45) is 5.98. The summed E-state index contributed by atoms with van der Waals surface area (Å²) in [4.78, 5) is 11.8. The van der Waals surface area contributed by atoms with Gasteiger partial charge < -0.3 is 15.2 Å². The maximum atomic E-state index is 11.8. The van der Waals surface area contributed by atoms with Crippen molar-refractivity contribution in [1.29, 1.82) is 0 Å². The van der Waals surface area contributed by atoms with Gasteiger partial charge in [0.15, 0.2) is 0 Å². The molecule has 1 atom stereocenters. The number of hydrogen-bond acceptors (Lipinski definition) is 3. The average Bonchev–Trinajstić information content (AvgIpc) is 2.33. The molecule has 1 aliphatic heterocycles. The zero-order chi connectivity index (χ0) is 11.4. The molecule has 1 saturated carbocycles. The van der Waals surface area contributed by atoms with Crippen LogP contribution in [0.5, 0.6) is 0 Å². The second kappa shape index (κ2) is 5.64. The van der Waals surface area contributed by atoms with Gasteiger partial charge >= 0.3 is 0 Å². The first-order valence-corrected chi connectivity index (χ1v) is 6.36. The Kier molecular flexibility index (Phi) is 4.18. The topological polar surface area (TPSA) is 58.6 Å². The second-order valence-electron chi connectivity index (χ2n) is 4.87. The zero-order valence-corrected chi connectivity index (χ0v) is 9.65. The molecule has 0 aromatic carbocycles. The van der Waals surface area contributed by atoms with Crippen molar-refractivity contribution in [2.45, 2.75) is 63.2 Å². The molecule has 2 rings (SSSR count). The molecule has 2 aliphatic rings. The van der Waals surface area contributed by atoms with Gasteiger partial charge in [0.2, 0.25) is 5.91 Å². The van der Waals surface area contributed by atoms with Crippen LogP contribution in [-0.4, -0.2) is 35.9 Å². The molecule has 92 valence electrons. The fraction of sp³-hybridized carbons (Fsp3) is 0.917. The normalized spacial score (nSPS) is 35.7. The molecule has 1 unspecified atom stereocenters. The predicted molar refractivity (Wildman–Crippen MR) is 60.0 cm³/mol. The van der Waals surface area contributed by atoms with Crippen LogP contribution in [0, 0.1) is 0 Å². The van der Waals surface area contributed by atoms with Crippen LogP contribution < -0.4 is 5.32 Å². The summed E-state index contributed by atoms with van der Waals surface area (Å²) in [5.41, 5.74) is 0. The van der Waals surface area contributed by atoms with Gasteiger partial charge in [0, 0.05) is 12.6 Å². The van der Waals surface area contributed by atoms with Crippen molar-refractivity contribution in [1.82, 2.24) is 5.32 Å². The van der Waals surface area contributed by atoms with Crippen LogP contribution >= 0.6 is 0 Å². The number of hydrogen-bond donors (Lipinski definition) is 2. The lowest BCUT2D eigenvalue weighted by molar-refractivity contribution is -0.136. The average molecular weight is 227 g/mol. The lowest BCUT2D eigenvalue weighted by atomic mass is 9.93. The minimum Gasteiger partial charge on any atom is -0.393 e. The van der Waals surface area contributed by atoms with Crippen molar-refractivity contribution in [2.24, 2.45) is 0 Å². The first kappa shape index (κ1) is 11.9. The minimum atomic E-state index is -0.236. The van der Waals surface area contributed by atoms with Gasteiger partial charge in [-0.1, -0.05) is 0 Å². The molecule has 4 heteroatoms. The maximum Gasteiger partial charge on any atom is 0.249 e. The number of aliphatic hydroxyl groups is 1. The number of carbonyl (C=O) groups is 1. The van der Waals surface area contributed by atoms with Gasteiger partial charge in [-0.3, -0.25) is 4.79 Å². The van der Waals surface area contributed by atoms with Gasteiger partial charge in [-0.2, -0.15) is 0 Å². The number of rotatable bonds is 2. The van der Waals surface area contributed by atoms with Gasteiger partial charge in [0.1, 0.15) is 6.10 Å². The number of amides is 1. The fourth-order valence-corrected chi connectivity index (χ4v) is 2.46. The van der Waals surface area contributed by atoms with Crippen LogP contribution in [0.15, 0.2) is 0 Å². The lowest BCUT2D eigenvalue weighted by Gasteiger charge is -2.29. The van der Waals surface area contributed by atoms with Crippen LogP contribution in [-0.2, 0) is 9.53 Å². The molecule has 0 aromatic rings. The molecule has 0 radical (unpaired) electrons. The van der Waals surface area contributed by atoms with E-state index in [1.807, 2.05) is 0 Å². The Hall–Kier alpha value is -0.610. The van der Waals surface area contributed by atoms with Crippen molar-refractivity contribution in [3.63, 3.8) is 0 Å². The van der Waals surface area contributed by atoms with Crippen LogP contribution in [0.25, 0.3) is 0 Å². The third-order valence-corrected chi connectivity index (χ3v) is 3.52. The highest BCUT2D eigenvalue weighted by molar-refractivity contribution is 5.81. The molecule has 4 nitrogen and oxygen atoms in total. The Morgan fingerprint density at radius 1 is 1.12 bits per heavy atom. The molecular weight excluding hydrogens is 206 g/mol. The second-order valence-corrected chi connectivity index (χ2v) is 4.87. The van der Waals surface area contributed by atoms with Crippen LogP contribution in [0.3, 0.4) is 0 Å². The summed E-state index contributed by atoms with van der Waals surface area (Å²) < 4.78 is 5.44. The molecule has 1 saturated heterocycles. The van der Waals surface area contributed by atoms with E-state index in [2.05, 4.69) is 5.32 Å². The standard InChI is InChI=1S/C12H21NO3/c14-10-6-4-9(5-7-10)13-12(15)11-3-1-2-8-16-11/h9-11,14H,1-8H2,(H,13,15). The summed E-state index contributed by atoms with van der Waals surface area (Å²) >= 11 is 0. The largest absolute Gasteiger partial charge is 0.393 e. The first-order chi connectivity index (χ1) is 7.75. The van der Waals surface area contributed by atoms with E-state index in [4.69, 9.17) is 4.74 Å². The summed E-state index contributed by atoms with van der Waals surface area (Å²) in [6.45, 7) is 0.710. The van der Waals surface area contributed by atoms with Gasteiger partial charge in [0.25, 0.3) is 0 Å². The molecule has 2 N–H and O–H groups in total. The highest BCUT2D eigenvalue weighted by atomic mass is 16.5. The van der Waals surface area contributed by atoms with Gasteiger partial charge in [0.05, 0.1) is 6.10 Å². The fourth-order valence-electron chi connectivity index (χ4n) is 2.46. The number of carbonyl (C=O) groups excluding carboxylic acids is 1. The third-order valence-electron chi connectivity index (χ3n) is 3.52. The molecule has 2 fully saturated rings. The number of nitrogens with one attached hydrogen (secondary N) is 1. The molecular formula is C12H21NO3. The molecule has 1 heterocycles. The summed E-state index contributed by atoms with van der Waals surface area (Å²) in [6, 6.07) is 0.237. The molecule has 1 amide bonds. The van der Waals surface area contributed by atoms with Crippen molar-refractivity contribution < 1.29 is 14.6 Å². The van der Waals surface area contributed by atoms with E-state index in [0.29, 0.717) is 6.61 Å². The smallest absolute Gasteiger partial charge is 0.249 e. The van der Waals surface area contributed by atoms with Gasteiger partial charge in [-0.05, 0) is 44.9 Å². The Bertz CT molecular complexity index is 230. The van der Waals surface area contributed by atoms with E-state index in [1.165, 1.54) is 0 Å². The van der Waals surface area contributed by atoms with Crippen molar-refractivity contribution in [3.05, 3.63) is 0 Å². The molecule has 16 heavy (non-hydrogen) atoms. The van der Waals surface area contributed by atoms with Gasteiger partial charge in [-0.25, -0.2) is 0 Å². The Balaban J connectivity index is 1.73. The molecule has 0 spiro atoms. The highest BCUT2D eigenvalue weighted by Crippen LogP contribution is 2.19. The molecule has 0 bridgehead atoms. The Morgan fingerprint density at radius 3 is 2.50 bits per heavy atom. The van der Waals surface area contributed by atoms with Crippen molar-refractivity contribution in [2.75, 3.05) is 6.61 Å². The Morgan fingerprint density at radius 2 is 1.88 bits per heavy atom. The van der Waals surface area contributed by atoms with Crippen LogP contribution in [0.2, 0.25) is 0 Å². The van der Waals surface area contributed by atoms with E-state index >= 15 is 0 Å². The predicted octanol–water partition coefficient (Wildman–Crippen LogP) is 0.975. The van der Waals surface area contributed by atoms with E-state index in [1.54, 1.807) is 0 Å².